The molecule has 13 heavy (non-hydrogen) atoms. The Balaban J connectivity index is 2.34. The molecule has 1 heterocycles. The zero-order chi connectivity index (χ0) is 9.26. The van der Waals surface area contributed by atoms with E-state index in [9.17, 15) is 10.2 Å². The van der Waals surface area contributed by atoms with E-state index in [0.717, 1.165) is 11.1 Å². The van der Waals surface area contributed by atoms with Crippen LogP contribution in [-0.2, 0) is 0 Å². The van der Waals surface area contributed by atoms with Crippen molar-refractivity contribution in [3.8, 4) is 0 Å². The predicted octanol–water partition coefficient (Wildman–Crippen LogP) is 1.42. The maximum absolute atomic E-state index is 9.64. The van der Waals surface area contributed by atoms with Crippen LogP contribution in [0, 0.1) is 0 Å². The maximum atomic E-state index is 9.64. The van der Waals surface area contributed by atoms with Crippen molar-refractivity contribution in [1.29, 1.82) is 0 Å². The zero-order valence-electron chi connectivity index (χ0n) is 6.92. The fourth-order valence-electron chi connectivity index (χ4n) is 1.36. The van der Waals surface area contributed by atoms with Crippen molar-refractivity contribution in [1.82, 2.24) is 0 Å². The Morgan fingerprint density at radius 1 is 1.31 bits per heavy atom. The molecule has 0 aromatic carbocycles. The average Bonchev–Trinajstić information content (AvgIpc) is 2.62. The Bertz CT molecular complexity index is 338. The smallest absolute Gasteiger partial charge is 0.109 e. The summed E-state index contributed by atoms with van der Waals surface area (Å²) in [7, 11) is 0. The molecule has 1 aromatic heterocycles. The van der Waals surface area contributed by atoms with Gasteiger partial charge in [0.05, 0.1) is 0 Å². The third kappa shape index (κ3) is 1.58. The minimum atomic E-state index is -0.792. The molecule has 0 unspecified atom stereocenters. The third-order valence-corrected chi connectivity index (χ3v) is 2.76. The number of hydrogen-bond donors (Lipinski definition) is 2. The van der Waals surface area contributed by atoms with Crippen LogP contribution in [0.5, 0.6) is 0 Å². The lowest BCUT2D eigenvalue weighted by Crippen LogP contribution is -2.26. The van der Waals surface area contributed by atoms with Gasteiger partial charge in [-0.1, -0.05) is 18.2 Å². The summed E-state index contributed by atoms with van der Waals surface area (Å²) in [5.41, 5.74) is 1.78. The number of rotatable bonds is 1. The van der Waals surface area contributed by atoms with Gasteiger partial charge in [0.2, 0.25) is 0 Å². The van der Waals surface area contributed by atoms with Crippen LogP contribution < -0.4 is 0 Å². The summed E-state index contributed by atoms with van der Waals surface area (Å²) >= 11 is 1.58. The molecule has 0 amide bonds. The van der Waals surface area contributed by atoms with Gasteiger partial charge in [-0.2, -0.15) is 11.3 Å². The molecule has 2 atom stereocenters. The Kier molecular flexibility index (Phi) is 2.31. The van der Waals surface area contributed by atoms with Gasteiger partial charge in [0.25, 0.3) is 0 Å². The highest BCUT2D eigenvalue weighted by Crippen LogP contribution is 2.25. The van der Waals surface area contributed by atoms with Gasteiger partial charge in [0, 0.05) is 0 Å². The van der Waals surface area contributed by atoms with Gasteiger partial charge in [0.15, 0.2) is 0 Å². The van der Waals surface area contributed by atoms with Gasteiger partial charge >= 0.3 is 0 Å². The number of hydrogen-bond acceptors (Lipinski definition) is 3. The molecule has 0 aliphatic heterocycles. The highest BCUT2D eigenvalue weighted by atomic mass is 32.1. The van der Waals surface area contributed by atoms with Crippen LogP contribution in [0.2, 0.25) is 0 Å². The van der Waals surface area contributed by atoms with Crippen molar-refractivity contribution in [3.63, 3.8) is 0 Å². The summed E-state index contributed by atoms with van der Waals surface area (Å²) in [6, 6.07) is 1.94. The van der Waals surface area contributed by atoms with E-state index in [1.807, 2.05) is 22.9 Å². The second-order valence-corrected chi connectivity index (χ2v) is 3.73. The molecular weight excluding hydrogens is 184 g/mol. The van der Waals surface area contributed by atoms with E-state index in [4.69, 9.17) is 0 Å². The molecule has 0 radical (unpaired) electrons. The zero-order valence-corrected chi connectivity index (χ0v) is 7.74. The Morgan fingerprint density at radius 3 is 2.85 bits per heavy atom. The molecule has 1 aliphatic rings. The van der Waals surface area contributed by atoms with Crippen LogP contribution >= 0.6 is 11.3 Å². The quantitative estimate of drug-likeness (QED) is 0.710. The monoisotopic (exact) mass is 194 g/mol. The molecule has 2 rings (SSSR count). The van der Waals surface area contributed by atoms with Gasteiger partial charge in [-0.25, -0.2) is 0 Å². The molecule has 0 fully saturated rings. The minimum Gasteiger partial charge on any atom is -0.386 e. The number of thiophene rings is 1. The summed E-state index contributed by atoms with van der Waals surface area (Å²) < 4.78 is 0. The minimum absolute atomic E-state index is 0.778. The molecular formula is C10H10O2S. The second kappa shape index (κ2) is 3.46. The summed E-state index contributed by atoms with van der Waals surface area (Å²) in [4.78, 5) is 0. The topological polar surface area (TPSA) is 40.5 Å². The Morgan fingerprint density at radius 2 is 2.15 bits per heavy atom. The van der Waals surface area contributed by atoms with E-state index in [1.54, 1.807) is 23.5 Å². The van der Waals surface area contributed by atoms with Crippen molar-refractivity contribution in [3.05, 3.63) is 40.6 Å². The van der Waals surface area contributed by atoms with Crippen molar-refractivity contribution >= 4 is 16.9 Å². The molecule has 2 nitrogen and oxygen atoms in total. The normalized spacial score (nSPS) is 27.4. The molecule has 1 aliphatic carbocycles. The largest absolute Gasteiger partial charge is 0.386 e. The van der Waals surface area contributed by atoms with Gasteiger partial charge in [-0.3, -0.25) is 0 Å². The molecule has 0 saturated carbocycles. The maximum Gasteiger partial charge on any atom is 0.109 e. The Hall–Kier alpha value is -0.900. The molecule has 68 valence electrons. The fraction of sp³-hybridized carbons (Fsp3) is 0.200. The Labute approximate surface area is 80.5 Å². The molecule has 0 spiro atoms. The van der Waals surface area contributed by atoms with Crippen LogP contribution in [-0.4, -0.2) is 22.4 Å². The van der Waals surface area contributed by atoms with E-state index in [0.29, 0.717) is 0 Å². The van der Waals surface area contributed by atoms with Crippen LogP contribution in [0.1, 0.15) is 5.56 Å². The SMILES string of the molecule is O[C@@H]1C(c2ccsc2)=CC=C[C@@H]1O. The van der Waals surface area contributed by atoms with Crippen LogP contribution in [0.4, 0.5) is 0 Å². The number of aliphatic hydroxyl groups excluding tert-OH is 2. The molecule has 0 saturated heterocycles. The lowest BCUT2D eigenvalue weighted by Gasteiger charge is -2.20. The van der Waals surface area contributed by atoms with Crippen molar-refractivity contribution < 1.29 is 10.2 Å². The summed E-state index contributed by atoms with van der Waals surface area (Å²) in [6.45, 7) is 0. The van der Waals surface area contributed by atoms with Gasteiger partial charge in [0.1, 0.15) is 12.2 Å². The second-order valence-electron chi connectivity index (χ2n) is 2.95. The van der Waals surface area contributed by atoms with E-state index < -0.39 is 12.2 Å². The van der Waals surface area contributed by atoms with Gasteiger partial charge in [-0.15, -0.1) is 0 Å². The van der Waals surface area contributed by atoms with E-state index in [1.165, 1.54) is 0 Å². The van der Waals surface area contributed by atoms with Crippen LogP contribution in [0.3, 0.4) is 0 Å². The summed E-state index contributed by atoms with van der Waals surface area (Å²) in [5, 5.41) is 22.9. The summed E-state index contributed by atoms with van der Waals surface area (Å²) in [6.07, 6.45) is 3.61. The molecule has 1 aromatic rings. The summed E-state index contributed by atoms with van der Waals surface area (Å²) in [5.74, 6) is 0. The fourth-order valence-corrected chi connectivity index (χ4v) is 2.02. The van der Waals surface area contributed by atoms with Gasteiger partial charge < -0.3 is 10.2 Å². The first-order chi connectivity index (χ1) is 6.29. The van der Waals surface area contributed by atoms with E-state index >= 15 is 0 Å². The highest BCUT2D eigenvalue weighted by Gasteiger charge is 2.21. The average molecular weight is 194 g/mol. The molecule has 0 bridgehead atoms. The first-order valence-electron chi connectivity index (χ1n) is 4.06. The lowest BCUT2D eigenvalue weighted by atomic mass is 9.95. The number of aliphatic hydroxyl groups is 2. The highest BCUT2D eigenvalue weighted by molar-refractivity contribution is 7.08. The molecule has 2 N–H and O–H groups in total. The first kappa shape index (κ1) is 8.69. The van der Waals surface area contributed by atoms with Crippen LogP contribution in [0.15, 0.2) is 35.1 Å². The number of allylic oxidation sites excluding steroid dienone is 2. The van der Waals surface area contributed by atoms with Crippen molar-refractivity contribution in [2.45, 2.75) is 12.2 Å². The van der Waals surface area contributed by atoms with Crippen LogP contribution in [0.25, 0.3) is 5.57 Å². The predicted molar refractivity (Wildman–Crippen MR) is 53.4 cm³/mol. The van der Waals surface area contributed by atoms with Crippen molar-refractivity contribution in [2.24, 2.45) is 0 Å². The van der Waals surface area contributed by atoms with E-state index in [2.05, 4.69) is 0 Å². The standard InChI is InChI=1S/C10H10O2S/c11-9-3-1-2-8(10(9)12)7-4-5-13-6-7/h1-6,9-12H/t9-,10+/m0/s1. The van der Waals surface area contributed by atoms with E-state index in [-0.39, 0.29) is 0 Å². The molecule has 3 heteroatoms. The van der Waals surface area contributed by atoms with Gasteiger partial charge in [-0.05, 0) is 28.0 Å². The lowest BCUT2D eigenvalue weighted by molar-refractivity contribution is 0.0859. The first-order valence-corrected chi connectivity index (χ1v) is 5.00. The third-order valence-electron chi connectivity index (χ3n) is 2.08. The van der Waals surface area contributed by atoms with Crippen molar-refractivity contribution in [2.75, 3.05) is 0 Å².